The third kappa shape index (κ3) is 5.83. The minimum Gasteiger partial charge on any atom is -0.435 e. The van der Waals surface area contributed by atoms with Crippen LogP contribution in [-0.4, -0.2) is 12.5 Å². The van der Waals surface area contributed by atoms with Gasteiger partial charge in [-0.25, -0.2) is 0 Å². The lowest BCUT2D eigenvalue weighted by Crippen LogP contribution is -2.22. The van der Waals surface area contributed by atoms with Crippen LogP contribution in [0.1, 0.15) is 44.0 Å². The summed E-state index contributed by atoms with van der Waals surface area (Å²) in [5.41, 5.74) is 2.60. The molecule has 0 saturated heterocycles. The van der Waals surface area contributed by atoms with Crippen LogP contribution in [0.2, 0.25) is 0 Å². The summed E-state index contributed by atoms with van der Waals surface area (Å²) in [6.07, 6.45) is 0. The van der Waals surface area contributed by atoms with Gasteiger partial charge in [-0.2, -0.15) is 8.78 Å². The van der Waals surface area contributed by atoms with E-state index in [-0.39, 0.29) is 23.7 Å². The summed E-state index contributed by atoms with van der Waals surface area (Å²) in [5, 5.41) is 6.17. The molecule has 0 aromatic heterocycles. The van der Waals surface area contributed by atoms with Crippen LogP contribution in [0.4, 0.5) is 14.5 Å². The molecule has 2 atom stereocenters. The molecule has 2 aromatic carbocycles. The van der Waals surface area contributed by atoms with E-state index in [1.165, 1.54) is 13.0 Å². The summed E-state index contributed by atoms with van der Waals surface area (Å²) in [5.74, 6) is 0.0171. The van der Waals surface area contributed by atoms with Crippen LogP contribution in [0.15, 0.2) is 48.5 Å². The zero-order valence-electron chi connectivity index (χ0n) is 14.4. The first-order valence-electron chi connectivity index (χ1n) is 8.03. The Morgan fingerprint density at radius 3 is 2.20 bits per heavy atom. The smallest absolute Gasteiger partial charge is 0.387 e. The van der Waals surface area contributed by atoms with Crippen LogP contribution in [0, 0.1) is 0 Å². The quantitative estimate of drug-likeness (QED) is 0.765. The monoisotopic (exact) mass is 348 g/mol. The SMILES string of the molecule is CC(=O)Nc1cccc(C(C)NC(C)c2cccc(OC(F)F)c2)c1. The molecule has 0 bridgehead atoms. The molecule has 2 N–H and O–H groups in total. The van der Waals surface area contributed by atoms with Crippen molar-refractivity contribution in [3.8, 4) is 5.75 Å². The van der Waals surface area contributed by atoms with Crippen LogP contribution in [0.5, 0.6) is 5.75 Å². The van der Waals surface area contributed by atoms with E-state index in [4.69, 9.17) is 0 Å². The highest BCUT2D eigenvalue weighted by Crippen LogP contribution is 2.24. The predicted molar refractivity (Wildman–Crippen MR) is 93.8 cm³/mol. The molecule has 134 valence electrons. The molecule has 0 saturated carbocycles. The number of nitrogens with one attached hydrogen (secondary N) is 2. The maximum absolute atomic E-state index is 12.3. The highest BCUT2D eigenvalue weighted by molar-refractivity contribution is 5.88. The second kappa shape index (κ2) is 8.58. The summed E-state index contributed by atoms with van der Waals surface area (Å²) in [6, 6.07) is 14.2. The van der Waals surface area contributed by atoms with Crippen molar-refractivity contribution < 1.29 is 18.3 Å². The molecule has 0 heterocycles. The Kier molecular flexibility index (Phi) is 6.47. The average Bonchev–Trinajstić information content (AvgIpc) is 2.54. The van der Waals surface area contributed by atoms with Gasteiger partial charge in [-0.15, -0.1) is 0 Å². The number of ether oxygens (including phenoxy) is 1. The second-order valence-electron chi connectivity index (χ2n) is 5.87. The number of carbonyl (C=O) groups excluding carboxylic acids is 1. The van der Waals surface area contributed by atoms with Crippen LogP contribution in [-0.2, 0) is 4.79 Å². The van der Waals surface area contributed by atoms with Crippen LogP contribution in [0.3, 0.4) is 0 Å². The third-order valence-corrected chi connectivity index (χ3v) is 3.79. The third-order valence-electron chi connectivity index (χ3n) is 3.79. The number of alkyl halides is 2. The number of amides is 1. The zero-order chi connectivity index (χ0) is 18.4. The van der Waals surface area contributed by atoms with Crippen molar-refractivity contribution in [2.75, 3.05) is 5.32 Å². The van der Waals surface area contributed by atoms with Gasteiger partial charge in [-0.05, 0) is 49.2 Å². The molecule has 0 fully saturated rings. The van der Waals surface area contributed by atoms with E-state index in [0.29, 0.717) is 0 Å². The number of carbonyl (C=O) groups is 1. The lowest BCUT2D eigenvalue weighted by Gasteiger charge is -2.22. The number of halogens is 2. The van der Waals surface area contributed by atoms with Gasteiger partial charge in [0.05, 0.1) is 0 Å². The first-order chi connectivity index (χ1) is 11.8. The van der Waals surface area contributed by atoms with Crippen molar-refractivity contribution in [3.63, 3.8) is 0 Å². The van der Waals surface area contributed by atoms with E-state index in [1.54, 1.807) is 12.1 Å². The van der Waals surface area contributed by atoms with E-state index in [1.807, 2.05) is 44.2 Å². The maximum Gasteiger partial charge on any atom is 0.387 e. The minimum atomic E-state index is -2.84. The standard InChI is InChI=1S/C19H22F2N2O2/c1-12(15-6-4-8-17(10-15)23-14(3)24)22-13(2)16-7-5-9-18(11-16)25-19(20)21/h4-13,19,22H,1-3H3,(H,23,24). The van der Waals surface area contributed by atoms with E-state index in [0.717, 1.165) is 16.8 Å². The van der Waals surface area contributed by atoms with Crippen molar-refractivity contribution in [2.24, 2.45) is 0 Å². The van der Waals surface area contributed by atoms with Gasteiger partial charge in [0, 0.05) is 24.7 Å². The molecule has 2 unspecified atom stereocenters. The predicted octanol–water partition coefficient (Wildman–Crippen LogP) is 4.66. The fraction of sp³-hybridized carbons (Fsp3) is 0.316. The van der Waals surface area contributed by atoms with Gasteiger partial charge in [0.2, 0.25) is 5.91 Å². The Bertz CT molecular complexity index is 722. The summed E-state index contributed by atoms with van der Waals surface area (Å²) in [6.45, 7) is 2.58. The van der Waals surface area contributed by atoms with Gasteiger partial charge < -0.3 is 15.4 Å². The maximum atomic E-state index is 12.3. The summed E-state index contributed by atoms with van der Waals surface area (Å²) in [4.78, 5) is 11.2. The fourth-order valence-corrected chi connectivity index (χ4v) is 2.62. The molecular formula is C19H22F2N2O2. The zero-order valence-corrected chi connectivity index (χ0v) is 14.4. The first kappa shape index (κ1) is 18.9. The topological polar surface area (TPSA) is 50.4 Å². The van der Waals surface area contributed by atoms with Crippen molar-refractivity contribution in [1.29, 1.82) is 0 Å². The Morgan fingerprint density at radius 1 is 1.00 bits per heavy atom. The molecule has 1 amide bonds. The molecule has 0 aliphatic rings. The summed E-state index contributed by atoms with van der Waals surface area (Å²) >= 11 is 0. The van der Waals surface area contributed by atoms with Gasteiger partial charge in [0.1, 0.15) is 5.75 Å². The Morgan fingerprint density at radius 2 is 1.60 bits per heavy atom. The molecule has 2 aromatic rings. The number of rotatable bonds is 7. The van der Waals surface area contributed by atoms with Gasteiger partial charge in [0.15, 0.2) is 0 Å². The molecule has 0 aliphatic carbocycles. The Hall–Kier alpha value is -2.47. The average molecular weight is 348 g/mol. The lowest BCUT2D eigenvalue weighted by atomic mass is 10.0. The van der Waals surface area contributed by atoms with Crippen LogP contribution < -0.4 is 15.4 Å². The molecule has 0 radical (unpaired) electrons. The molecular weight excluding hydrogens is 326 g/mol. The van der Waals surface area contributed by atoms with E-state index < -0.39 is 6.61 Å². The van der Waals surface area contributed by atoms with Crippen molar-refractivity contribution in [2.45, 2.75) is 39.5 Å². The first-order valence-corrected chi connectivity index (χ1v) is 8.03. The highest BCUT2D eigenvalue weighted by atomic mass is 19.3. The number of anilines is 1. The van der Waals surface area contributed by atoms with Gasteiger partial charge in [-0.3, -0.25) is 4.79 Å². The van der Waals surface area contributed by atoms with Crippen molar-refractivity contribution >= 4 is 11.6 Å². The molecule has 25 heavy (non-hydrogen) atoms. The van der Waals surface area contributed by atoms with Crippen molar-refractivity contribution in [1.82, 2.24) is 5.32 Å². The number of benzene rings is 2. The molecule has 6 heteroatoms. The number of hydrogen-bond acceptors (Lipinski definition) is 3. The largest absolute Gasteiger partial charge is 0.435 e. The van der Waals surface area contributed by atoms with Crippen LogP contribution >= 0.6 is 0 Å². The fourth-order valence-electron chi connectivity index (χ4n) is 2.62. The highest BCUT2D eigenvalue weighted by Gasteiger charge is 2.13. The van der Waals surface area contributed by atoms with Crippen LogP contribution in [0.25, 0.3) is 0 Å². The normalized spacial score (nSPS) is 13.4. The van der Waals surface area contributed by atoms with E-state index >= 15 is 0 Å². The summed E-state index contributed by atoms with van der Waals surface area (Å²) in [7, 11) is 0. The van der Waals surface area contributed by atoms with Gasteiger partial charge >= 0.3 is 6.61 Å². The molecule has 0 spiro atoms. The lowest BCUT2D eigenvalue weighted by molar-refractivity contribution is -0.114. The number of hydrogen-bond donors (Lipinski definition) is 2. The van der Waals surface area contributed by atoms with Gasteiger partial charge in [0.25, 0.3) is 0 Å². The minimum absolute atomic E-state index is 0.00313. The van der Waals surface area contributed by atoms with E-state index in [2.05, 4.69) is 15.4 Å². The Balaban J connectivity index is 2.07. The van der Waals surface area contributed by atoms with Gasteiger partial charge in [-0.1, -0.05) is 24.3 Å². The Labute approximate surface area is 146 Å². The molecule has 0 aliphatic heterocycles. The van der Waals surface area contributed by atoms with Crippen molar-refractivity contribution in [3.05, 3.63) is 59.7 Å². The summed E-state index contributed by atoms with van der Waals surface area (Å²) < 4.78 is 29.1. The van der Waals surface area contributed by atoms with E-state index in [9.17, 15) is 13.6 Å². The molecule has 2 rings (SSSR count). The molecule has 4 nitrogen and oxygen atoms in total. The second-order valence-corrected chi connectivity index (χ2v) is 5.87.